The van der Waals surface area contributed by atoms with Crippen molar-refractivity contribution in [2.75, 3.05) is 4.43 Å². The van der Waals surface area contributed by atoms with Crippen LogP contribution in [-0.4, -0.2) is 6.45 Å². The van der Waals surface area contributed by atoms with Crippen LogP contribution in [0.3, 0.4) is 0 Å². The van der Waals surface area contributed by atoms with E-state index in [4.69, 9.17) is 0 Å². The van der Waals surface area contributed by atoms with Crippen molar-refractivity contribution in [2.24, 2.45) is 0 Å². The predicted molar refractivity (Wildman–Crippen MR) is 34.1 cm³/mol. The van der Waals surface area contributed by atoms with Crippen LogP contribution in [0, 0.1) is 0 Å². The Morgan fingerprint density at radius 1 is 1.67 bits per heavy atom. The van der Waals surface area contributed by atoms with Crippen LogP contribution in [0.15, 0.2) is 10.2 Å². The maximum atomic E-state index is 2.53. The first-order valence-electron chi connectivity index (χ1n) is 1.66. The Kier molecular flexibility index (Phi) is 2.71. The van der Waals surface area contributed by atoms with Gasteiger partial charge >= 0.3 is 58.5 Å². The molecule has 0 bridgehead atoms. The van der Waals surface area contributed by atoms with Gasteiger partial charge in [0.25, 0.3) is 0 Å². The summed E-state index contributed by atoms with van der Waals surface area (Å²) in [5, 5.41) is 0. The molecule has 1 aliphatic heterocycles. The maximum absolute atomic E-state index is 2.53. The molecule has 1 rings (SSSR count). The second kappa shape index (κ2) is 3.12. The SMILES string of the molecule is C1=CI=C[I-]C1. The summed E-state index contributed by atoms with van der Waals surface area (Å²) in [5.41, 5.74) is 0. The molecule has 0 nitrogen and oxygen atoms in total. The Labute approximate surface area is 58.0 Å². The molecule has 6 heavy (non-hydrogen) atoms. The van der Waals surface area contributed by atoms with Gasteiger partial charge in [0.1, 0.15) is 0 Å². The van der Waals surface area contributed by atoms with E-state index in [9.17, 15) is 0 Å². The zero-order valence-corrected chi connectivity index (χ0v) is 7.51. The molecule has 0 saturated carbocycles. The average molecular weight is 307 g/mol. The second-order valence-electron chi connectivity index (χ2n) is 0.879. The van der Waals surface area contributed by atoms with Crippen molar-refractivity contribution >= 4 is 22.7 Å². The Morgan fingerprint density at radius 3 is 2.83 bits per heavy atom. The van der Waals surface area contributed by atoms with E-state index in [-0.39, 0.29) is 0 Å². The first-order chi connectivity index (χ1) is 3.00. The zero-order valence-electron chi connectivity index (χ0n) is 3.20. The van der Waals surface area contributed by atoms with Gasteiger partial charge in [-0.2, -0.15) is 0 Å². The van der Waals surface area contributed by atoms with Crippen LogP contribution >= 0.6 is 20.7 Å². The van der Waals surface area contributed by atoms with Gasteiger partial charge in [-0.25, -0.2) is 0 Å². The summed E-state index contributed by atoms with van der Waals surface area (Å²) in [6, 6.07) is 0. The standard InChI is InChI=1S/C4H5I2/c1-2-5-4-6-3-1/h1-2,4H,3H2/q-1. The van der Waals surface area contributed by atoms with E-state index in [1.807, 2.05) is 0 Å². The summed E-state index contributed by atoms with van der Waals surface area (Å²) in [7, 11) is 0. The molecule has 0 spiro atoms. The number of alkyl halides is 1. The number of halogens is 2. The first-order valence-corrected chi connectivity index (χ1v) is 6.93. The van der Waals surface area contributed by atoms with E-state index in [2.05, 4.69) is 12.2 Å². The monoisotopic (exact) mass is 307 g/mol. The summed E-state index contributed by atoms with van der Waals surface area (Å²) in [6.45, 7) is 0. The van der Waals surface area contributed by atoms with Crippen molar-refractivity contribution in [3.05, 3.63) is 10.2 Å². The predicted octanol–water partition coefficient (Wildman–Crippen LogP) is -1.67. The van der Waals surface area contributed by atoms with E-state index in [0.29, 0.717) is 41.9 Å². The molecule has 0 N–H and O–H groups in total. The van der Waals surface area contributed by atoms with Gasteiger partial charge in [-0.1, -0.05) is 0 Å². The fourth-order valence-electron chi connectivity index (χ4n) is 0.231. The Balaban J connectivity index is 2.46. The molecule has 0 radical (unpaired) electrons. The van der Waals surface area contributed by atoms with Gasteiger partial charge in [-0.05, 0) is 0 Å². The third-order valence-corrected chi connectivity index (χ3v) is 7.05. The van der Waals surface area contributed by atoms with Crippen molar-refractivity contribution in [1.29, 1.82) is 0 Å². The molecule has 0 aliphatic carbocycles. The van der Waals surface area contributed by atoms with Gasteiger partial charge < -0.3 is 0 Å². The summed E-state index contributed by atoms with van der Waals surface area (Å²) in [6.07, 6.45) is 2.33. The topological polar surface area (TPSA) is 0 Å². The molecule has 0 atom stereocenters. The van der Waals surface area contributed by atoms with Gasteiger partial charge in [0.2, 0.25) is 0 Å². The van der Waals surface area contributed by atoms with Gasteiger partial charge in [-0.15, -0.1) is 0 Å². The molecule has 1 heterocycles. The van der Waals surface area contributed by atoms with Gasteiger partial charge in [-0.3, -0.25) is 0 Å². The third-order valence-electron chi connectivity index (χ3n) is 0.446. The van der Waals surface area contributed by atoms with Crippen LogP contribution < -0.4 is 21.2 Å². The molecule has 0 amide bonds. The quantitative estimate of drug-likeness (QED) is 0.371. The second-order valence-corrected chi connectivity index (χ2v) is 7.71. The molecular weight excluding hydrogens is 302 g/mol. The summed E-state index contributed by atoms with van der Waals surface area (Å²) in [4.78, 5) is 0. The molecule has 0 aromatic rings. The van der Waals surface area contributed by atoms with Crippen molar-refractivity contribution in [3.8, 4) is 0 Å². The Hall–Kier alpha value is 1.07. The zero-order chi connectivity index (χ0) is 4.24. The number of hydrogen-bond donors (Lipinski definition) is 0. The molecule has 1 aliphatic rings. The first kappa shape index (κ1) is 5.21. The van der Waals surface area contributed by atoms with Gasteiger partial charge in [0.15, 0.2) is 0 Å². The molecule has 0 aromatic carbocycles. The molecule has 2 heteroatoms. The average Bonchev–Trinajstić information content (AvgIpc) is 1.72. The van der Waals surface area contributed by atoms with E-state index in [1.54, 1.807) is 0 Å². The van der Waals surface area contributed by atoms with Crippen molar-refractivity contribution in [1.82, 2.24) is 0 Å². The minimum atomic E-state index is 0.458. The van der Waals surface area contributed by atoms with Crippen LogP contribution in [0.5, 0.6) is 0 Å². The molecule has 0 aromatic heterocycles. The molecule has 0 fully saturated rings. The molecule has 0 saturated heterocycles. The van der Waals surface area contributed by atoms with Crippen LogP contribution in [0.25, 0.3) is 0 Å². The van der Waals surface area contributed by atoms with Crippen LogP contribution in [-0.2, 0) is 0 Å². The van der Waals surface area contributed by atoms with E-state index >= 15 is 0 Å². The number of allylic oxidation sites excluding steroid dienone is 1. The summed E-state index contributed by atoms with van der Waals surface area (Å²) in [5.74, 6) is 0. The van der Waals surface area contributed by atoms with Crippen LogP contribution in [0.1, 0.15) is 0 Å². The minimum absolute atomic E-state index is 0.458. The van der Waals surface area contributed by atoms with E-state index < -0.39 is 0 Å². The number of rotatable bonds is 0. The molecule has 36 valence electrons. The fourth-order valence-corrected chi connectivity index (χ4v) is 6.47. The Morgan fingerprint density at radius 2 is 2.67 bits per heavy atom. The van der Waals surface area contributed by atoms with Crippen molar-refractivity contribution in [2.45, 2.75) is 0 Å². The third kappa shape index (κ3) is 1.68. The number of hydrogen-bond acceptors (Lipinski definition) is 0. The van der Waals surface area contributed by atoms with Crippen molar-refractivity contribution in [3.63, 3.8) is 0 Å². The van der Waals surface area contributed by atoms with E-state index in [1.165, 1.54) is 4.43 Å². The summed E-state index contributed by atoms with van der Waals surface area (Å²) < 4.78 is 6.28. The van der Waals surface area contributed by atoms with Gasteiger partial charge in [0, 0.05) is 0 Å². The van der Waals surface area contributed by atoms with Crippen LogP contribution in [0.4, 0.5) is 0 Å². The van der Waals surface area contributed by atoms with Gasteiger partial charge in [0.05, 0.1) is 0 Å². The normalized spacial score (nSPS) is 21.3. The molecule has 0 unspecified atom stereocenters. The van der Waals surface area contributed by atoms with Crippen molar-refractivity contribution < 1.29 is 21.2 Å². The van der Waals surface area contributed by atoms with Crippen LogP contribution in [0.2, 0.25) is 0 Å². The Bertz CT molecular complexity index is 71.5. The van der Waals surface area contributed by atoms with E-state index in [0.717, 1.165) is 0 Å². The fraction of sp³-hybridized carbons (Fsp3) is 0.250. The summed E-state index contributed by atoms with van der Waals surface area (Å²) >= 11 is 1.01. The molecular formula is C4H5I2-.